The third-order valence-corrected chi connectivity index (χ3v) is 4.60. The van der Waals surface area contributed by atoms with Gasteiger partial charge >= 0.3 is 5.97 Å². The summed E-state index contributed by atoms with van der Waals surface area (Å²) in [5.41, 5.74) is -0.727. The lowest BCUT2D eigenvalue weighted by Crippen LogP contribution is -2.45. The minimum Gasteiger partial charge on any atom is -0.458 e. The summed E-state index contributed by atoms with van der Waals surface area (Å²) < 4.78 is 11.4. The molecule has 0 N–H and O–H groups in total. The minimum atomic E-state index is -0.394. The summed E-state index contributed by atoms with van der Waals surface area (Å²) >= 11 is 0. The van der Waals surface area contributed by atoms with Crippen LogP contribution in [0.5, 0.6) is 0 Å². The van der Waals surface area contributed by atoms with E-state index in [4.69, 9.17) is 9.47 Å². The molecule has 0 aromatic rings. The van der Waals surface area contributed by atoms with Crippen molar-refractivity contribution in [3.8, 4) is 0 Å². The highest BCUT2D eigenvalue weighted by Crippen LogP contribution is 2.37. The van der Waals surface area contributed by atoms with Gasteiger partial charge in [-0.1, -0.05) is 20.8 Å². The largest absolute Gasteiger partial charge is 0.458 e. The van der Waals surface area contributed by atoms with Crippen LogP contribution in [-0.2, 0) is 14.3 Å². The van der Waals surface area contributed by atoms with Gasteiger partial charge in [0, 0.05) is 12.5 Å². The van der Waals surface area contributed by atoms with E-state index in [0.717, 1.165) is 38.9 Å². The van der Waals surface area contributed by atoms with Crippen molar-refractivity contribution in [1.29, 1.82) is 0 Å². The van der Waals surface area contributed by atoms with E-state index in [1.54, 1.807) is 0 Å². The lowest BCUT2D eigenvalue weighted by molar-refractivity contribution is -0.178. The van der Waals surface area contributed by atoms with Crippen LogP contribution in [0.4, 0.5) is 0 Å². The topological polar surface area (TPSA) is 35.5 Å². The molecule has 0 aromatic carbocycles. The Morgan fingerprint density at radius 3 is 2.22 bits per heavy atom. The second-order valence-corrected chi connectivity index (χ2v) is 5.96. The van der Waals surface area contributed by atoms with Gasteiger partial charge in [-0.3, -0.25) is 4.79 Å². The number of rotatable bonds is 6. The molecule has 0 amide bonds. The van der Waals surface area contributed by atoms with E-state index in [1.165, 1.54) is 0 Å². The number of carbonyl (C=O) groups is 1. The van der Waals surface area contributed by atoms with Gasteiger partial charge in [-0.15, -0.1) is 0 Å². The van der Waals surface area contributed by atoms with Crippen LogP contribution in [-0.4, -0.2) is 24.8 Å². The van der Waals surface area contributed by atoms with E-state index >= 15 is 0 Å². The number of esters is 1. The van der Waals surface area contributed by atoms with Crippen LogP contribution in [0, 0.1) is 11.3 Å². The van der Waals surface area contributed by atoms with Crippen molar-refractivity contribution in [2.45, 2.75) is 65.9 Å². The Balaban J connectivity index is 2.82. The SMILES string of the molecule is CCC(C)(C)C(=O)OC(CC)(CC)C1CCOC1. The third kappa shape index (κ3) is 3.05. The first-order valence-corrected chi connectivity index (χ1v) is 7.23. The third-order valence-electron chi connectivity index (χ3n) is 4.60. The molecule has 0 bridgehead atoms. The van der Waals surface area contributed by atoms with Crippen LogP contribution < -0.4 is 0 Å². The predicted molar refractivity (Wildman–Crippen MR) is 72.4 cm³/mol. The van der Waals surface area contributed by atoms with E-state index in [-0.39, 0.29) is 11.6 Å². The molecule has 0 aromatic heterocycles. The second-order valence-electron chi connectivity index (χ2n) is 5.96. The highest BCUT2D eigenvalue weighted by atomic mass is 16.6. The summed E-state index contributed by atoms with van der Waals surface area (Å²) in [5.74, 6) is 0.282. The van der Waals surface area contributed by atoms with Gasteiger partial charge in [0.2, 0.25) is 0 Å². The summed E-state index contributed by atoms with van der Waals surface area (Å²) in [6.45, 7) is 11.7. The molecule has 1 rings (SSSR count). The molecule has 3 heteroatoms. The fourth-order valence-corrected chi connectivity index (χ4v) is 2.47. The van der Waals surface area contributed by atoms with Gasteiger partial charge < -0.3 is 9.47 Å². The molecule has 1 unspecified atom stereocenters. The molecule has 1 aliphatic heterocycles. The summed E-state index contributed by atoms with van der Waals surface area (Å²) in [6, 6.07) is 0. The molecule has 0 radical (unpaired) electrons. The Hall–Kier alpha value is -0.570. The van der Waals surface area contributed by atoms with Gasteiger partial charge in [0.15, 0.2) is 0 Å². The zero-order valence-corrected chi connectivity index (χ0v) is 12.5. The summed E-state index contributed by atoms with van der Waals surface area (Å²) in [7, 11) is 0. The molecule has 1 saturated heterocycles. The molecular formula is C15H28O3. The Labute approximate surface area is 111 Å². The van der Waals surface area contributed by atoms with Gasteiger partial charge in [-0.25, -0.2) is 0 Å². The molecule has 1 aliphatic rings. The van der Waals surface area contributed by atoms with Crippen LogP contribution in [0.25, 0.3) is 0 Å². The molecule has 0 spiro atoms. The Bertz CT molecular complexity index is 273. The lowest BCUT2D eigenvalue weighted by atomic mass is 9.81. The fraction of sp³-hybridized carbons (Fsp3) is 0.933. The van der Waals surface area contributed by atoms with E-state index in [0.29, 0.717) is 5.92 Å². The summed E-state index contributed by atoms with van der Waals surface area (Å²) in [6.07, 6.45) is 3.53. The maximum absolute atomic E-state index is 12.3. The van der Waals surface area contributed by atoms with Crippen LogP contribution in [0.1, 0.15) is 60.3 Å². The Morgan fingerprint density at radius 1 is 1.22 bits per heavy atom. The van der Waals surface area contributed by atoms with Gasteiger partial charge in [-0.2, -0.15) is 0 Å². The average Bonchev–Trinajstić information content (AvgIpc) is 2.90. The second kappa shape index (κ2) is 6.05. The summed E-state index contributed by atoms with van der Waals surface area (Å²) in [4.78, 5) is 12.3. The monoisotopic (exact) mass is 256 g/mol. The maximum atomic E-state index is 12.3. The van der Waals surface area contributed by atoms with E-state index in [1.807, 2.05) is 20.8 Å². The van der Waals surface area contributed by atoms with Crippen molar-refractivity contribution in [1.82, 2.24) is 0 Å². The van der Waals surface area contributed by atoms with E-state index in [2.05, 4.69) is 13.8 Å². The maximum Gasteiger partial charge on any atom is 0.312 e. The van der Waals surface area contributed by atoms with Crippen LogP contribution in [0.15, 0.2) is 0 Å². The molecule has 18 heavy (non-hydrogen) atoms. The van der Waals surface area contributed by atoms with Crippen molar-refractivity contribution in [3.05, 3.63) is 0 Å². The Morgan fingerprint density at radius 2 is 1.83 bits per heavy atom. The molecule has 1 heterocycles. The number of ether oxygens (including phenoxy) is 2. The number of hydrogen-bond acceptors (Lipinski definition) is 3. The van der Waals surface area contributed by atoms with Gasteiger partial charge in [0.25, 0.3) is 0 Å². The van der Waals surface area contributed by atoms with Crippen LogP contribution >= 0.6 is 0 Å². The smallest absolute Gasteiger partial charge is 0.312 e. The van der Waals surface area contributed by atoms with Crippen molar-refractivity contribution in [2.75, 3.05) is 13.2 Å². The average molecular weight is 256 g/mol. The Kier molecular flexibility index (Phi) is 5.20. The van der Waals surface area contributed by atoms with Crippen molar-refractivity contribution in [3.63, 3.8) is 0 Å². The van der Waals surface area contributed by atoms with Crippen molar-refractivity contribution >= 4 is 5.97 Å². The molecule has 0 aliphatic carbocycles. The molecule has 0 saturated carbocycles. The number of carbonyl (C=O) groups excluding carboxylic acids is 1. The van der Waals surface area contributed by atoms with E-state index in [9.17, 15) is 4.79 Å². The zero-order valence-electron chi connectivity index (χ0n) is 12.5. The molecule has 106 valence electrons. The van der Waals surface area contributed by atoms with Crippen molar-refractivity contribution < 1.29 is 14.3 Å². The standard InChI is InChI=1S/C15H28O3/c1-6-14(4,5)13(16)18-15(7-2,8-3)12-9-10-17-11-12/h12H,6-11H2,1-5H3. The summed E-state index contributed by atoms with van der Waals surface area (Å²) in [5, 5.41) is 0. The fourth-order valence-electron chi connectivity index (χ4n) is 2.47. The predicted octanol–water partition coefficient (Wildman–Crippen LogP) is 3.56. The van der Waals surface area contributed by atoms with Crippen LogP contribution in [0.3, 0.4) is 0 Å². The lowest BCUT2D eigenvalue weighted by Gasteiger charge is -2.39. The zero-order chi connectivity index (χ0) is 13.8. The van der Waals surface area contributed by atoms with Gasteiger partial charge in [0.05, 0.1) is 12.0 Å². The van der Waals surface area contributed by atoms with E-state index < -0.39 is 5.41 Å². The first kappa shape index (κ1) is 15.5. The molecule has 3 nitrogen and oxygen atoms in total. The minimum absolute atomic E-state index is 0.0689. The van der Waals surface area contributed by atoms with Gasteiger partial charge in [-0.05, 0) is 39.5 Å². The quantitative estimate of drug-likeness (QED) is 0.682. The van der Waals surface area contributed by atoms with Crippen molar-refractivity contribution in [2.24, 2.45) is 11.3 Å². The molecule has 1 atom stereocenters. The highest BCUT2D eigenvalue weighted by molar-refractivity contribution is 5.76. The highest BCUT2D eigenvalue weighted by Gasteiger charge is 2.43. The van der Waals surface area contributed by atoms with Crippen LogP contribution in [0.2, 0.25) is 0 Å². The normalized spacial score (nSPS) is 21.1. The first-order valence-electron chi connectivity index (χ1n) is 7.23. The first-order chi connectivity index (χ1) is 8.41. The van der Waals surface area contributed by atoms with Gasteiger partial charge in [0.1, 0.15) is 5.60 Å². The number of hydrogen-bond donors (Lipinski definition) is 0. The molecular weight excluding hydrogens is 228 g/mol. The molecule has 1 fully saturated rings.